The van der Waals surface area contributed by atoms with Crippen molar-refractivity contribution in [1.29, 1.82) is 0 Å². The third-order valence-corrected chi connectivity index (χ3v) is 3.75. The summed E-state index contributed by atoms with van der Waals surface area (Å²) in [7, 11) is 2.13. The molecule has 3 rings (SSSR count). The summed E-state index contributed by atoms with van der Waals surface area (Å²) in [6.07, 6.45) is 2.69. The number of nitrogens with two attached hydrogens (primary N) is 1. The standard InChI is InChI=1S/C14H19N3/c1-16-13(10-17-6-2-3-7-17)8-11-4-5-12(15)9-14(11)16/h4-5,8-9H,2-3,6-7,10,15H2,1H3. The molecule has 3 nitrogen and oxygen atoms in total. The molecule has 1 aromatic carbocycles. The van der Waals surface area contributed by atoms with E-state index in [1.54, 1.807) is 0 Å². The molecule has 1 aromatic heterocycles. The fourth-order valence-corrected chi connectivity index (χ4v) is 2.73. The highest BCUT2D eigenvalue weighted by atomic mass is 15.2. The van der Waals surface area contributed by atoms with Crippen molar-refractivity contribution in [2.45, 2.75) is 19.4 Å². The van der Waals surface area contributed by atoms with Gasteiger partial charge in [0.25, 0.3) is 0 Å². The van der Waals surface area contributed by atoms with Gasteiger partial charge in [-0.2, -0.15) is 0 Å². The Morgan fingerprint density at radius 2 is 1.94 bits per heavy atom. The molecule has 0 radical (unpaired) electrons. The average Bonchev–Trinajstić information content (AvgIpc) is 2.91. The monoisotopic (exact) mass is 229 g/mol. The second-order valence-corrected chi connectivity index (χ2v) is 5.00. The Bertz CT molecular complexity index is 536. The van der Waals surface area contributed by atoms with Crippen molar-refractivity contribution in [3.8, 4) is 0 Å². The van der Waals surface area contributed by atoms with Crippen LogP contribution in [0.4, 0.5) is 5.69 Å². The van der Waals surface area contributed by atoms with E-state index in [1.165, 1.54) is 42.5 Å². The Hall–Kier alpha value is -1.48. The van der Waals surface area contributed by atoms with Crippen molar-refractivity contribution >= 4 is 16.6 Å². The molecule has 2 heterocycles. The first-order valence-corrected chi connectivity index (χ1v) is 6.30. The van der Waals surface area contributed by atoms with Crippen LogP contribution in [0.2, 0.25) is 0 Å². The van der Waals surface area contributed by atoms with Crippen LogP contribution in [0.1, 0.15) is 18.5 Å². The second-order valence-electron chi connectivity index (χ2n) is 5.00. The second kappa shape index (κ2) is 4.08. The highest BCUT2D eigenvalue weighted by molar-refractivity contribution is 5.84. The SMILES string of the molecule is Cn1c(CN2CCCC2)cc2ccc(N)cc21. The van der Waals surface area contributed by atoms with Gasteiger partial charge in [0.15, 0.2) is 0 Å². The number of hydrogen-bond donors (Lipinski definition) is 1. The summed E-state index contributed by atoms with van der Waals surface area (Å²) in [5.41, 5.74) is 9.30. The van der Waals surface area contributed by atoms with Crippen molar-refractivity contribution in [2.75, 3.05) is 18.8 Å². The van der Waals surface area contributed by atoms with Crippen molar-refractivity contribution in [1.82, 2.24) is 9.47 Å². The van der Waals surface area contributed by atoms with Gasteiger partial charge in [-0.3, -0.25) is 4.90 Å². The van der Waals surface area contributed by atoms with Crippen molar-refractivity contribution in [3.63, 3.8) is 0 Å². The van der Waals surface area contributed by atoms with Gasteiger partial charge in [0.05, 0.1) is 5.52 Å². The van der Waals surface area contributed by atoms with E-state index in [1.807, 2.05) is 6.07 Å². The zero-order chi connectivity index (χ0) is 11.8. The van der Waals surface area contributed by atoms with Gasteiger partial charge in [-0.15, -0.1) is 0 Å². The summed E-state index contributed by atoms with van der Waals surface area (Å²) < 4.78 is 2.27. The highest BCUT2D eigenvalue weighted by Gasteiger charge is 2.14. The van der Waals surface area contributed by atoms with Crippen LogP contribution in [0.25, 0.3) is 10.9 Å². The molecule has 17 heavy (non-hydrogen) atoms. The third kappa shape index (κ3) is 1.91. The molecule has 2 aromatic rings. The molecule has 3 heteroatoms. The number of fused-ring (bicyclic) bond motifs is 1. The maximum absolute atomic E-state index is 5.84. The van der Waals surface area contributed by atoms with Gasteiger partial charge >= 0.3 is 0 Å². The number of likely N-dealkylation sites (tertiary alicyclic amines) is 1. The van der Waals surface area contributed by atoms with Crippen molar-refractivity contribution in [2.24, 2.45) is 7.05 Å². The number of rotatable bonds is 2. The Morgan fingerprint density at radius 3 is 2.71 bits per heavy atom. The van der Waals surface area contributed by atoms with E-state index in [4.69, 9.17) is 5.73 Å². The molecule has 0 saturated carbocycles. The van der Waals surface area contributed by atoms with Gasteiger partial charge in [-0.1, -0.05) is 6.07 Å². The van der Waals surface area contributed by atoms with E-state index >= 15 is 0 Å². The lowest BCUT2D eigenvalue weighted by Gasteiger charge is -2.15. The maximum atomic E-state index is 5.84. The number of nitrogens with zero attached hydrogens (tertiary/aromatic N) is 2. The van der Waals surface area contributed by atoms with E-state index in [0.29, 0.717) is 0 Å². The lowest BCUT2D eigenvalue weighted by molar-refractivity contribution is 0.324. The minimum Gasteiger partial charge on any atom is -0.399 e. The number of benzene rings is 1. The molecule has 1 saturated heterocycles. The Kier molecular flexibility index (Phi) is 2.56. The maximum Gasteiger partial charge on any atom is 0.0500 e. The average molecular weight is 229 g/mol. The van der Waals surface area contributed by atoms with Gasteiger partial charge in [0, 0.05) is 30.4 Å². The van der Waals surface area contributed by atoms with Crippen LogP contribution in [0.3, 0.4) is 0 Å². The summed E-state index contributed by atoms with van der Waals surface area (Å²) in [5.74, 6) is 0. The van der Waals surface area contributed by atoms with Crippen LogP contribution in [0.15, 0.2) is 24.3 Å². The van der Waals surface area contributed by atoms with E-state index < -0.39 is 0 Å². The zero-order valence-corrected chi connectivity index (χ0v) is 10.3. The first-order chi connectivity index (χ1) is 8.24. The molecule has 0 amide bonds. The van der Waals surface area contributed by atoms with E-state index in [2.05, 4.69) is 34.7 Å². The van der Waals surface area contributed by atoms with Crippen LogP contribution in [-0.2, 0) is 13.6 Å². The van der Waals surface area contributed by atoms with Crippen LogP contribution >= 0.6 is 0 Å². The van der Waals surface area contributed by atoms with E-state index in [9.17, 15) is 0 Å². The molecule has 2 N–H and O–H groups in total. The molecule has 0 atom stereocenters. The Balaban J connectivity index is 1.96. The smallest absolute Gasteiger partial charge is 0.0500 e. The number of hydrogen-bond acceptors (Lipinski definition) is 2. The molecular formula is C14H19N3. The molecule has 0 spiro atoms. The third-order valence-electron chi connectivity index (χ3n) is 3.75. The number of aromatic nitrogens is 1. The van der Waals surface area contributed by atoms with Gasteiger partial charge in [-0.05, 0) is 44.1 Å². The zero-order valence-electron chi connectivity index (χ0n) is 10.3. The minimum absolute atomic E-state index is 0.839. The highest BCUT2D eigenvalue weighted by Crippen LogP contribution is 2.23. The molecule has 0 bridgehead atoms. The predicted molar refractivity (Wildman–Crippen MR) is 71.8 cm³/mol. The predicted octanol–water partition coefficient (Wildman–Crippen LogP) is 2.36. The lowest BCUT2D eigenvalue weighted by Crippen LogP contribution is -2.19. The van der Waals surface area contributed by atoms with Crippen LogP contribution in [0, 0.1) is 0 Å². The Labute approximate surface area is 102 Å². The van der Waals surface area contributed by atoms with Gasteiger partial charge in [0.2, 0.25) is 0 Å². The van der Waals surface area contributed by atoms with E-state index in [0.717, 1.165) is 12.2 Å². The summed E-state index contributed by atoms with van der Waals surface area (Å²) in [5, 5.41) is 1.29. The van der Waals surface area contributed by atoms with Gasteiger partial charge in [-0.25, -0.2) is 0 Å². The lowest BCUT2D eigenvalue weighted by atomic mass is 10.2. The topological polar surface area (TPSA) is 34.2 Å². The normalized spacial score (nSPS) is 17.0. The van der Waals surface area contributed by atoms with Crippen molar-refractivity contribution < 1.29 is 0 Å². The van der Waals surface area contributed by atoms with E-state index in [-0.39, 0.29) is 0 Å². The summed E-state index contributed by atoms with van der Waals surface area (Å²) in [6.45, 7) is 3.54. The van der Waals surface area contributed by atoms with Gasteiger partial charge < -0.3 is 10.3 Å². The minimum atomic E-state index is 0.839. The van der Waals surface area contributed by atoms with Gasteiger partial charge in [0.1, 0.15) is 0 Å². The molecule has 1 fully saturated rings. The molecule has 90 valence electrons. The Morgan fingerprint density at radius 1 is 1.18 bits per heavy atom. The molecular weight excluding hydrogens is 210 g/mol. The molecule has 0 unspecified atom stereocenters. The molecule has 1 aliphatic rings. The number of aryl methyl sites for hydroxylation is 1. The van der Waals surface area contributed by atoms with Crippen LogP contribution < -0.4 is 5.73 Å². The molecule has 0 aliphatic carbocycles. The fourth-order valence-electron chi connectivity index (χ4n) is 2.73. The van der Waals surface area contributed by atoms with Crippen LogP contribution in [-0.4, -0.2) is 22.6 Å². The summed E-state index contributed by atoms with van der Waals surface area (Å²) in [4.78, 5) is 2.53. The summed E-state index contributed by atoms with van der Waals surface area (Å²) in [6, 6.07) is 8.43. The summed E-state index contributed by atoms with van der Waals surface area (Å²) >= 11 is 0. The quantitative estimate of drug-likeness (QED) is 0.802. The fraction of sp³-hybridized carbons (Fsp3) is 0.429. The number of nitrogen functional groups attached to an aromatic ring is 1. The van der Waals surface area contributed by atoms with Crippen molar-refractivity contribution in [3.05, 3.63) is 30.0 Å². The van der Waals surface area contributed by atoms with Crippen LogP contribution in [0.5, 0.6) is 0 Å². The largest absolute Gasteiger partial charge is 0.399 e. The first kappa shape index (κ1) is 10.7. The number of anilines is 1. The molecule has 1 aliphatic heterocycles. The first-order valence-electron chi connectivity index (χ1n) is 6.30.